The zero-order chi connectivity index (χ0) is 30.1. The summed E-state index contributed by atoms with van der Waals surface area (Å²) in [6.07, 6.45) is 1.22. The summed E-state index contributed by atoms with van der Waals surface area (Å²) in [6, 6.07) is 9.14. The number of ether oxygens (including phenoxy) is 1. The van der Waals surface area contributed by atoms with Gasteiger partial charge in [-0.3, -0.25) is 4.40 Å². The fourth-order valence-corrected chi connectivity index (χ4v) is 5.95. The van der Waals surface area contributed by atoms with E-state index in [0.29, 0.717) is 58.9 Å². The highest BCUT2D eigenvalue weighted by Gasteiger charge is 2.48. The summed E-state index contributed by atoms with van der Waals surface area (Å²) in [5, 5.41) is 11.9. The van der Waals surface area contributed by atoms with E-state index in [1.54, 1.807) is 27.6 Å². The fourth-order valence-electron chi connectivity index (χ4n) is 5.95. The number of halogens is 3. The lowest BCUT2D eigenvalue weighted by atomic mass is 9.98. The van der Waals surface area contributed by atoms with Crippen molar-refractivity contribution >= 4 is 23.5 Å². The second-order valence-electron chi connectivity index (χ2n) is 12.4. The molecular formula is C30H31F3N8O2. The van der Waals surface area contributed by atoms with Gasteiger partial charge in [0.05, 0.1) is 28.9 Å². The first-order chi connectivity index (χ1) is 20.4. The van der Waals surface area contributed by atoms with E-state index >= 15 is 0 Å². The van der Waals surface area contributed by atoms with Crippen LogP contribution >= 0.6 is 0 Å². The molecule has 10 nitrogen and oxygen atoms in total. The molecule has 43 heavy (non-hydrogen) atoms. The molecule has 3 aromatic heterocycles. The van der Waals surface area contributed by atoms with Gasteiger partial charge in [-0.2, -0.15) is 13.2 Å². The second-order valence-corrected chi connectivity index (χ2v) is 12.4. The number of fused-ring (bicyclic) bond motifs is 3. The molecule has 2 bridgehead atoms. The Labute approximate surface area is 245 Å². The van der Waals surface area contributed by atoms with E-state index in [0.717, 1.165) is 31.4 Å². The number of hydrogen-bond acceptors (Lipinski definition) is 8. The van der Waals surface area contributed by atoms with Crippen molar-refractivity contribution in [3.8, 4) is 22.4 Å². The summed E-state index contributed by atoms with van der Waals surface area (Å²) in [4.78, 5) is 26.3. The van der Waals surface area contributed by atoms with E-state index in [2.05, 4.69) is 25.4 Å². The number of benzene rings is 1. The fraction of sp³-hybridized carbons (Fsp3) is 0.433. The number of rotatable bonds is 5. The maximum absolute atomic E-state index is 13.8. The number of hydrogen-bond donors (Lipinski definition) is 1. The standard InChI is InChI=1S/C30H31F3N8O2/c1-29(2,3)43-28(42)40-15-21-13-22(40)14-39(21)27-37-25(18-9-10-34-23(12-18)36-20-7-8-20)24(26-38-35-16-41(26)27)17-5-4-6-19(11-17)30(31,32)33/h4-6,9-12,16,20-22H,7-8,13-15H2,1-3H3,(H,34,36)/t21?,22-/m1/s1. The Bertz CT molecular complexity index is 1710. The maximum Gasteiger partial charge on any atom is 0.416 e. The molecule has 1 N–H and O–H groups in total. The van der Waals surface area contributed by atoms with Gasteiger partial charge >= 0.3 is 12.3 Å². The Morgan fingerprint density at radius 3 is 2.56 bits per heavy atom. The molecule has 3 fully saturated rings. The van der Waals surface area contributed by atoms with Crippen LogP contribution in [0.3, 0.4) is 0 Å². The summed E-state index contributed by atoms with van der Waals surface area (Å²) >= 11 is 0. The molecule has 0 spiro atoms. The van der Waals surface area contributed by atoms with Crippen molar-refractivity contribution in [2.24, 2.45) is 0 Å². The average molecular weight is 593 g/mol. The molecule has 1 aromatic carbocycles. The normalized spacial score (nSPS) is 20.2. The van der Waals surface area contributed by atoms with Crippen molar-refractivity contribution in [3.05, 3.63) is 54.5 Å². The number of alkyl halides is 3. The van der Waals surface area contributed by atoms with Gasteiger partial charge in [0.15, 0.2) is 5.65 Å². The SMILES string of the molecule is CC(C)(C)OC(=O)N1CC2C[C@@H]1CN2c1nc(-c2ccnc(NC3CC3)c2)c(-c2cccc(C(F)(F)F)c2)c2nncn12. The van der Waals surface area contributed by atoms with E-state index in [1.807, 2.05) is 26.8 Å². The number of anilines is 2. The molecule has 224 valence electrons. The number of likely N-dealkylation sites (tertiary alicyclic amines) is 1. The van der Waals surface area contributed by atoms with Crippen LogP contribution in [0.1, 0.15) is 45.6 Å². The number of nitrogens with one attached hydrogen (secondary N) is 1. The van der Waals surface area contributed by atoms with E-state index in [4.69, 9.17) is 9.72 Å². The molecule has 1 saturated carbocycles. The summed E-state index contributed by atoms with van der Waals surface area (Å²) in [6.45, 7) is 6.53. The van der Waals surface area contributed by atoms with Gasteiger partial charge in [-0.15, -0.1) is 10.2 Å². The second kappa shape index (κ2) is 9.81. The number of carbonyl (C=O) groups excluding carboxylic acids is 1. The lowest BCUT2D eigenvalue weighted by molar-refractivity contribution is -0.137. The molecule has 2 saturated heterocycles. The van der Waals surface area contributed by atoms with Crippen LogP contribution in [0.15, 0.2) is 48.9 Å². The molecule has 7 rings (SSSR count). The first kappa shape index (κ1) is 27.4. The van der Waals surface area contributed by atoms with Gasteiger partial charge in [0.2, 0.25) is 5.95 Å². The number of amides is 1. The van der Waals surface area contributed by atoms with Gasteiger partial charge in [0.1, 0.15) is 17.7 Å². The molecule has 3 aliphatic rings. The van der Waals surface area contributed by atoms with Crippen molar-refractivity contribution in [2.45, 2.75) is 69.9 Å². The molecule has 2 aliphatic heterocycles. The smallest absolute Gasteiger partial charge is 0.416 e. The van der Waals surface area contributed by atoms with Gasteiger partial charge < -0.3 is 19.9 Å². The highest BCUT2D eigenvalue weighted by atomic mass is 19.4. The zero-order valence-electron chi connectivity index (χ0n) is 24.0. The van der Waals surface area contributed by atoms with Crippen LogP contribution in [0.2, 0.25) is 0 Å². The molecule has 13 heteroatoms. The Morgan fingerprint density at radius 2 is 1.86 bits per heavy atom. The quantitative estimate of drug-likeness (QED) is 0.318. The van der Waals surface area contributed by atoms with Crippen molar-refractivity contribution < 1.29 is 22.7 Å². The molecule has 5 heterocycles. The van der Waals surface area contributed by atoms with Gasteiger partial charge in [-0.1, -0.05) is 12.1 Å². The molecule has 0 radical (unpaired) electrons. The predicted molar refractivity (Wildman–Crippen MR) is 154 cm³/mol. The van der Waals surface area contributed by atoms with Crippen LogP contribution in [-0.4, -0.2) is 72.4 Å². The van der Waals surface area contributed by atoms with Crippen LogP contribution in [0.25, 0.3) is 28.0 Å². The zero-order valence-corrected chi connectivity index (χ0v) is 24.0. The third-order valence-corrected chi connectivity index (χ3v) is 8.00. The van der Waals surface area contributed by atoms with Gasteiger partial charge in [-0.05, 0) is 69.9 Å². The van der Waals surface area contributed by atoms with E-state index in [-0.39, 0.29) is 18.2 Å². The molecular weight excluding hydrogens is 561 g/mol. The number of pyridine rings is 1. The molecule has 1 amide bonds. The Kier molecular flexibility index (Phi) is 6.26. The van der Waals surface area contributed by atoms with Gasteiger partial charge in [0.25, 0.3) is 0 Å². The van der Waals surface area contributed by atoms with Crippen molar-refractivity contribution in [1.82, 2.24) is 29.5 Å². The Morgan fingerprint density at radius 1 is 1.05 bits per heavy atom. The van der Waals surface area contributed by atoms with E-state index in [9.17, 15) is 18.0 Å². The Balaban J connectivity index is 1.33. The first-order valence-electron chi connectivity index (χ1n) is 14.4. The van der Waals surface area contributed by atoms with Gasteiger partial charge in [-0.25, -0.2) is 14.8 Å². The number of piperazine rings is 1. The lowest BCUT2D eigenvalue weighted by Crippen LogP contribution is -2.50. The minimum Gasteiger partial charge on any atom is -0.444 e. The van der Waals surface area contributed by atoms with Crippen LogP contribution < -0.4 is 10.2 Å². The summed E-state index contributed by atoms with van der Waals surface area (Å²) < 4.78 is 48.7. The van der Waals surface area contributed by atoms with E-state index < -0.39 is 17.3 Å². The van der Waals surface area contributed by atoms with Crippen LogP contribution in [0.4, 0.5) is 29.7 Å². The molecule has 1 unspecified atom stereocenters. The maximum atomic E-state index is 13.8. The Hall–Kier alpha value is -4.42. The van der Waals surface area contributed by atoms with Crippen LogP contribution in [0, 0.1) is 0 Å². The van der Waals surface area contributed by atoms with Crippen molar-refractivity contribution in [3.63, 3.8) is 0 Å². The average Bonchev–Trinajstić information content (AvgIpc) is 3.32. The number of carbonyl (C=O) groups is 1. The lowest BCUT2D eigenvalue weighted by Gasteiger charge is -2.36. The minimum atomic E-state index is -4.51. The van der Waals surface area contributed by atoms with Crippen molar-refractivity contribution in [2.75, 3.05) is 23.3 Å². The highest BCUT2D eigenvalue weighted by molar-refractivity contribution is 5.91. The summed E-state index contributed by atoms with van der Waals surface area (Å²) in [5.74, 6) is 1.24. The number of aromatic nitrogens is 5. The van der Waals surface area contributed by atoms with Crippen molar-refractivity contribution in [1.29, 1.82) is 0 Å². The van der Waals surface area contributed by atoms with Crippen LogP contribution in [-0.2, 0) is 10.9 Å². The molecule has 4 aromatic rings. The summed E-state index contributed by atoms with van der Waals surface area (Å²) in [7, 11) is 0. The third-order valence-electron chi connectivity index (χ3n) is 8.00. The van der Waals surface area contributed by atoms with Gasteiger partial charge in [0, 0.05) is 30.9 Å². The number of nitrogens with zero attached hydrogens (tertiary/aromatic N) is 7. The largest absolute Gasteiger partial charge is 0.444 e. The minimum absolute atomic E-state index is 0.0209. The monoisotopic (exact) mass is 592 g/mol. The highest BCUT2D eigenvalue weighted by Crippen LogP contribution is 2.41. The molecule has 1 aliphatic carbocycles. The summed E-state index contributed by atoms with van der Waals surface area (Å²) in [5.41, 5.74) is 0.966. The molecule has 2 atom stereocenters. The van der Waals surface area contributed by atoms with Crippen LogP contribution in [0.5, 0.6) is 0 Å². The topological polar surface area (TPSA) is 101 Å². The third kappa shape index (κ3) is 5.21. The van der Waals surface area contributed by atoms with E-state index in [1.165, 1.54) is 12.4 Å². The predicted octanol–water partition coefficient (Wildman–Crippen LogP) is 5.64. The first-order valence-corrected chi connectivity index (χ1v) is 14.4.